The van der Waals surface area contributed by atoms with E-state index in [1.54, 1.807) is 19.3 Å². The monoisotopic (exact) mass is 257 g/mol. The van der Waals surface area contributed by atoms with E-state index in [1.807, 2.05) is 6.07 Å². The third-order valence-corrected chi connectivity index (χ3v) is 2.23. The predicted octanol–water partition coefficient (Wildman–Crippen LogP) is 0.808. The van der Waals surface area contributed by atoms with Crippen LogP contribution in [0.25, 0.3) is 0 Å². The topological polar surface area (TPSA) is 68.0 Å². The van der Waals surface area contributed by atoms with E-state index in [0.717, 1.165) is 10.0 Å². The minimum atomic E-state index is -0.354. The van der Waals surface area contributed by atoms with Crippen LogP contribution in [0.3, 0.4) is 0 Å². The highest BCUT2D eigenvalue weighted by molar-refractivity contribution is 9.10. The van der Waals surface area contributed by atoms with Gasteiger partial charge in [0.2, 0.25) is 5.91 Å². The van der Waals surface area contributed by atoms with Crippen molar-refractivity contribution in [3.8, 4) is 0 Å². The molecule has 0 aliphatic carbocycles. The number of carbonyl (C=O) groups is 1. The molecule has 1 heterocycles. The van der Waals surface area contributed by atoms with Crippen molar-refractivity contribution in [2.24, 2.45) is 5.73 Å². The molecule has 1 atom stereocenters. The Morgan fingerprint density at radius 1 is 1.71 bits per heavy atom. The van der Waals surface area contributed by atoms with Gasteiger partial charge in [0.15, 0.2) is 0 Å². The summed E-state index contributed by atoms with van der Waals surface area (Å²) in [5.41, 5.74) is 6.11. The van der Waals surface area contributed by atoms with Crippen LogP contribution in [0.15, 0.2) is 22.9 Å². The number of nitrogens with two attached hydrogens (primary N) is 1. The fourth-order valence-corrected chi connectivity index (χ4v) is 1.34. The molecule has 4 nitrogen and oxygen atoms in total. The van der Waals surface area contributed by atoms with Crippen LogP contribution in [-0.2, 0) is 11.3 Å². The van der Waals surface area contributed by atoms with E-state index in [2.05, 4.69) is 26.2 Å². The minimum Gasteiger partial charge on any atom is -0.368 e. The van der Waals surface area contributed by atoms with E-state index in [9.17, 15) is 4.79 Å². The average Bonchev–Trinajstić information content (AvgIpc) is 2.14. The normalized spacial score (nSPS) is 12.4. The van der Waals surface area contributed by atoms with E-state index < -0.39 is 0 Å². The Labute approximate surface area is 91.0 Å². The van der Waals surface area contributed by atoms with Gasteiger partial charge in [0.1, 0.15) is 0 Å². The highest BCUT2D eigenvalue weighted by Gasteiger charge is 2.06. The van der Waals surface area contributed by atoms with Crippen molar-refractivity contribution in [3.05, 3.63) is 28.5 Å². The van der Waals surface area contributed by atoms with Gasteiger partial charge in [0.05, 0.1) is 6.04 Å². The molecule has 0 spiro atoms. The molecule has 1 aromatic heterocycles. The molecule has 1 aromatic rings. The van der Waals surface area contributed by atoms with Crippen molar-refractivity contribution in [3.63, 3.8) is 0 Å². The first-order chi connectivity index (χ1) is 6.59. The smallest absolute Gasteiger partial charge is 0.234 e. The van der Waals surface area contributed by atoms with Gasteiger partial charge >= 0.3 is 0 Å². The molecule has 0 saturated carbocycles. The highest BCUT2D eigenvalue weighted by atomic mass is 79.9. The molecule has 1 amide bonds. The fraction of sp³-hybridized carbons (Fsp3) is 0.333. The quantitative estimate of drug-likeness (QED) is 0.839. The Balaban J connectivity index is 2.49. The lowest BCUT2D eigenvalue weighted by Crippen LogP contribution is -2.38. The zero-order chi connectivity index (χ0) is 10.6. The van der Waals surface area contributed by atoms with Crippen molar-refractivity contribution < 1.29 is 4.79 Å². The van der Waals surface area contributed by atoms with Gasteiger partial charge in [0.25, 0.3) is 0 Å². The molecule has 0 aliphatic rings. The molecule has 1 rings (SSSR count). The van der Waals surface area contributed by atoms with Crippen LogP contribution in [0.5, 0.6) is 0 Å². The van der Waals surface area contributed by atoms with Crippen LogP contribution >= 0.6 is 15.9 Å². The van der Waals surface area contributed by atoms with Crippen molar-refractivity contribution in [2.75, 3.05) is 0 Å². The largest absolute Gasteiger partial charge is 0.368 e. The Bertz CT molecular complexity index is 330. The van der Waals surface area contributed by atoms with Crippen LogP contribution in [0.1, 0.15) is 12.5 Å². The lowest BCUT2D eigenvalue weighted by atomic mass is 10.2. The third kappa shape index (κ3) is 3.43. The number of hydrogen-bond acceptors (Lipinski definition) is 3. The zero-order valence-electron chi connectivity index (χ0n) is 7.83. The molecule has 0 bridgehead atoms. The molecule has 76 valence electrons. The summed E-state index contributed by atoms with van der Waals surface area (Å²) in [4.78, 5) is 14.7. The maximum Gasteiger partial charge on any atom is 0.234 e. The molecule has 3 N–H and O–H groups in total. The van der Waals surface area contributed by atoms with Gasteiger partial charge in [-0.3, -0.25) is 9.78 Å². The van der Waals surface area contributed by atoms with Gasteiger partial charge in [-0.2, -0.15) is 0 Å². The van der Waals surface area contributed by atoms with Crippen LogP contribution in [0.2, 0.25) is 0 Å². The number of pyridine rings is 1. The number of rotatable bonds is 4. The van der Waals surface area contributed by atoms with Gasteiger partial charge in [0, 0.05) is 23.4 Å². The Morgan fingerprint density at radius 3 is 3.00 bits per heavy atom. The summed E-state index contributed by atoms with van der Waals surface area (Å²) < 4.78 is 0.920. The Morgan fingerprint density at radius 2 is 2.43 bits per heavy atom. The summed E-state index contributed by atoms with van der Waals surface area (Å²) in [6, 6.07) is 1.61. The summed E-state index contributed by atoms with van der Waals surface area (Å²) in [6.45, 7) is 2.31. The summed E-state index contributed by atoms with van der Waals surface area (Å²) >= 11 is 3.32. The second-order valence-corrected chi connectivity index (χ2v) is 3.93. The van der Waals surface area contributed by atoms with Crippen LogP contribution < -0.4 is 11.1 Å². The van der Waals surface area contributed by atoms with E-state index in [4.69, 9.17) is 5.73 Å². The fourth-order valence-electron chi connectivity index (χ4n) is 0.924. The third-order valence-electron chi connectivity index (χ3n) is 1.80. The number of nitrogens with one attached hydrogen (secondary N) is 1. The maximum absolute atomic E-state index is 10.7. The SMILES string of the molecule is CC(NCc1cncc(Br)c1)C(N)=O. The highest BCUT2D eigenvalue weighted by Crippen LogP contribution is 2.09. The Hall–Kier alpha value is -0.940. The molecule has 0 radical (unpaired) electrons. The summed E-state index contributed by atoms with van der Waals surface area (Å²) in [6.07, 6.45) is 3.45. The summed E-state index contributed by atoms with van der Waals surface area (Å²) in [7, 11) is 0. The van der Waals surface area contributed by atoms with Gasteiger partial charge in [-0.1, -0.05) is 0 Å². The predicted molar refractivity (Wildman–Crippen MR) is 57.4 cm³/mol. The molecule has 14 heavy (non-hydrogen) atoms. The first kappa shape index (κ1) is 11.1. The lowest BCUT2D eigenvalue weighted by Gasteiger charge is -2.09. The van der Waals surface area contributed by atoms with Gasteiger partial charge < -0.3 is 11.1 Å². The van der Waals surface area contributed by atoms with Crippen LogP contribution in [-0.4, -0.2) is 16.9 Å². The maximum atomic E-state index is 10.7. The van der Waals surface area contributed by atoms with E-state index in [0.29, 0.717) is 6.54 Å². The second-order valence-electron chi connectivity index (χ2n) is 3.02. The van der Waals surface area contributed by atoms with Gasteiger partial charge in [-0.05, 0) is 34.5 Å². The van der Waals surface area contributed by atoms with Crippen molar-refractivity contribution in [1.29, 1.82) is 0 Å². The Kier molecular flexibility index (Phi) is 4.03. The minimum absolute atomic E-state index is 0.325. The van der Waals surface area contributed by atoms with Crippen molar-refractivity contribution in [1.82, 2.24) is 10.3 Å². The van der Waals surface area contributed by atoms with Crippen LogP contribution in [0, 0.1) is 0 Å². The molecule has 0 saturated heterocycles. The molecule has 5 heteroatoms. The molecular weight excluding hydrogens is 246 g/mol. The molecule has 1 unspecified atom stereocenters. The van der Waals surface area contributed by atoms with Gasteiger partial charge in [-0.25, -0.2) is 0 Å². The number of carbonyl (C=O) groups excluding carboxylic acids is 1. The van der Waals surface area contributed by atoms with Crippen molar-refractivity contribution >= 4 is 21.8 Å². The van der Waals surface area contributed by atoms with Gasteiger partial charge in [-0.15, -0.1) is 0 Å². The number of aromatic nitrogens is 1. The number of primary amides is 1. The first-order valence-corrected chi connectivity index (χ1v) is 5.01. The molecule has 0 fully saturated rings. The standard InChI is InChI=1S/C9H12BrN3O/c1-6(9(11)14)13-4-7-2-8(10)5-12-3-7/h2-3,5-6,13H,4H2,1H3,(H2,11,14). The number of nitrogens with zero attached hydrogens (tertiary/aromatic N) is 1. The number of halogens is 1. The zero-order valence-corrected chi connectivity index (χ0v) is 9.41. The molecular formula is C9H12BrN3O. The first-order valence-electron chi connectivity index (χ1n) is 4.21. The number of amides is 1. The van der Waals surface area contributed by atoms with Crippen molar-refractivity contribution in [2.45, 2.75) is 19.5 Å². The molecule has 0 aliphatic heterocycles. The summed E-state index contributed by atoms with van der Waals surface area (Å²) in [5, 5.41) is 2.99. The van der Waals surface area contributed by atoms with Crippen LogP contribution in [0.4, 0.5) is 0 Å². The van der Waals surface area contributed by atoms with E-state index >= 15 is 0 Å². The number of hydrogen-bond donors (Lipinski definition) is 2. The lowest BCUT2D eigenvalue weighted by molar-refractivity contribution is -0.119. The van der Waals surface area contributed by atoms with E-state index in [1.165, 1.54) is 0 Å². The summed E-state index contributed by atoms with van der Waals surface area (Å²) in [5.74, 6) is -0.354. The second kappa shape index (κ2) is 5.07. The van der Waals surface area contributed by atoms with E-state index in [-0.39, 0.29) is 11.9 Å². The molecule has 0 aromatic carbocycles. The average molecular weight is 258 g/mol.